The first-order chi connectivity index (χ1) is 13.0. The Morgan fingerprint density at radius 2 is 2.07 bits per heavy atom. The van der Waals surface area contributed by atoms with Crippen LogP contribution in [0.25, 0.3) is 11.5 Å². The summed E-state index contributed by atoms with van der Waals surface area (Å²) in [5.74, 6) is 0.374. The molecule has 0 saturated carbocycles. The smallest absolute Gasteiger partial charge is 0.253 e. The van der Waals surface area contributed by atoms with E-state index in [4.69, 9.17) is 0 Å². The van der Waals surface area contributed by atoms with Crippen LogP contribution in [0.4, 0.5) is 4.39 Å². The molecule has 0 spiro atoms. The zero-order valence-corrected chi connectivity index (χ0v) is 15.6. The molecule has 4 aromatic rings. The van der Waals surface area contributed by atoms with E-state index in [9.17, 15) is 9.18 Å². The van der Waals surface area contributed by atoms with E-state index in [1.165, 1.54) is 23.9 Å². The number of carbonyl (C=O) groups excluding carboxylic acids is 1. The lowest BCUT2D eigenvalue weighted by molar-refractivity contribution is 0.102. The Morgan fingerprint density at radius 1 is 1.22 bits per heavy atom. The van der Waals surface area contributed by atoms with Crippen LogP contribution in [0, 0.1) is 19.7 Å². The van der Waals surface area contributed by atoms with Gasteiger partial charge in [-0.1, -0.05) is 17.8 Å². The normalized spacial score (nSPS) is 11.2. The Morgan fingerprint density at radius 3 is 2.85 bits per heavy atom. The maximum atomic E-state index is 13.6. The van der Waals surface area contributed by atoms with Gasteiger partial charge in [-0.2, -0.15) is 4.98 Å². The molecule has 0 amide bonds. The number of fused-ring (bicyclic) bond motifs is 1. The second-order valence-electron chi connectivity index (χ2n) is 6.07. The van der Waals surface area contributed by atoms with E-state index in [1.807, 2.05) is 30.5 Å². The molecule has 1 aromatic carbocycles. The Bertz CT molecular complexity index is 1120. The van der Waals surface area contributed by atoms with Gasteiger partial charge in [0, 0.05) is 35.0 Å². The zero-order valence-electron chi connectivity index (χ0n) is 14.8. The molecule has 0 atom stereocenters. The zero-order chi connectivity index (χ0) is 19.0. The molecule has 3 aromatic heterocycles. The van der Waals surface area contributed by atoms with Gasteiger partial charge in [0.1, 0.15) is 5.82 Å². The van der Waals surface area contributed by atoms with Crippen molar-refractivity contribution in [1.29, 1.82) is 0 Å². The van der Waals surface area contributed by atoms with Gasteiger partial charge in [-0.15, -0.1) is 5.10 Å². The number of halogens is 1. The number of aromatic nitrogens is 5. The van der Waals surface area contributed by atoms with Crippen molar-refractivity contribution in [3.8, 4) is 5.69 Å². The van der Waals surface area contributed by atoms with Crippen molar-refractivity contribution in [3.05, 3.63) is 71.6 Å². The molecule has 27 heavy (non-hydrogen) atoms. The Labute approximate surface area is 159 Å². The number of ketones is 1. The average molecular weight is 381 g/mol. The molecule has 0 N–H and O–H groups in total. The van der Waals surface area contributed by atoms with Gasteiger partial charge in [-0.3, -0.25) is 4.79 Å². The quantitative estimate of drug-likeness (QED) is 0.390. The Hall–Kier alpha value is -3.00. The van der Waals surface area contributed by atoms with Gasteiger partial charge in [0.05, 0.1) is 5.75 Å². The van der Waals surface area contributed by atoms with Gasteiger partial charge in [0.15, 0.2) is 5.78 Å². The second-order valence-corrected chi connectivity index (χ2v) is 7.01. The molecule has 8 heteroatoms. The maximum absolute atomic E-state index is 13.6. The third kappa shape index (κ3) is 3.35. The number of benzene rings is 1. The number of aryl methyl sites for hydroxylation is 1. The number of hydrogen-bond donors (Lipinski definition) is 0. The van der Waals surface area contributed by atoms with Crippen molar-refractivity contribution in [1.82, 2.24) is 24.1 Å². The van der Waals surface area contributed by atoms with Crippen LogP contribution in [0.3, 0.4) is 0 Å². The summed E-state index contributed by atoms with van der Waals surface area (Å²) < 4.78 is 17.0. The lowest BCUT2D eigenvalue weighted by Gasteiger charge is -2.09. The molecule has 136 valence electrons. The molecule has 0 saturated heterocycles. The topological polar surface area (TPSA) is 65.1 Å². The highest BCUT2D eigenvalue weighted by atomic mass is 32.2. The minimum absolute atomic E-state index is 0.0254. The molecule has 0 aliphatic rings. The molecule has 0 radical (unpaired) electrons. The summed E-state index contributed by atoms with van der Waals surface area (Å²) in [6.45, 7) is 3.76. The SMILES string of the molecule is Cc1cc(C(=O)CSc2nc3ncccn3n2)c(C)n1-c1cccc(F)c1. The van der Waals surface area contributed by atoms with E-state index in [-0.39, 0.29) is 17.4 Å². The van der Waals surface area contributed by atoms with Crippen molar-refractivity contribution in [2.75, 3.05) is 5.75 Å². The summed E-state index contributed by atoms with van der Waals surface area (Å²) in [5, 5.41) is 4.79. The monoisotopic (exact) mass is 381 g/mol. The van der Waals surface area contributed by atoms with Gasteiger partial charge in [-0.25, -0.2) is 13.9 Å². The first kappa shape index (κ1) is 17.4. The predicted molar refractivity (Wildman–Crippen MR) is 101 cm³/mol. The van der Waals surface area contributed by atoms with Gasteiger partial charge >= 0.3 is 0 Å². The minimum atomic E-state index is -0.310. The number of Topliss-reactive ketones (excluding diaryl/α,β-unsaturated/α-hetero) is 1. The van der Waals surface area contributed by atoms with Gasteiger partial charge < -0.3 is 4.57 Å². The molecule has 3 heterocycles. The van der Waals surface area contributed by atoms with Crippen molar-refractivity contribution in [3.63, 3.8) is 0 Å². The van der Waals surface area contributed by atoms with Crippen molar-refractivity contribution < 1.29 is 9.18 Å². The average Bonchev–Trinajstić information content (AvgIpc) is 3.20. The molecule has 0 bridgehead atoms. The largest absolute Gasteiger partial charge is 0.318 e. The van der Waals surface area contributed by atoms with Crippen LogP contribution in [0.15, 0.2) is 53.9 Å². The summed E-state index contributed by atoms with van der Waals surface area (Å²) in [6, 6.07) is 9.93. The van der Waals surface area contributed by atoms with Gasteiger partial charge in [-0.05, 0) is 44.2 Å². The number of nitrogens with zero attached hydrogens (tertiary/aromatic N) is 5. The number of rotatable bonds is 5. The molecule has 0 aliphatic heterocycles. The third-order valence-electron chi connectivity index (χ3n) is 4.23. The summed E-state index contributed by atoms with van der Waals surface area (Å²) in [7, 11) is 0. The van der Waals surface area contributed by atoms with Crippen LogP contribution >= 0.6 is 11.8 Å². The lowest BCUT2D eigenvalue weighted by Crippen LogP contribution is -2.06. The number of hydrogen-bond acceptors (Lipinski definition) is 5. The summed E-state index contributed by atoms with van der Waals surface area (Å²) in [4.78, 5) is 21.1. The van der Waals surface area contributed by atoms with Gasteiger partial charge in [0.2, 0.25) is 5.16 Å². The van der Waals surface area contributed by atoms with Crippen LogP contribution in [0.5, 0.6) is 0 Å². The van der Waals surface area contributed by atoms with E-state index in [0.29, 0.717) is 22.2 Å². The predicted octanol–water partition coefficient (Wildman–Crippen LogP) is 3.65. The second kappa shape index (κ2) is 6.96. The Balaban J connectivity index is 1.56. The molecule has 0 unspecified atom stereocenters. The van der Waals surface area contributed by atoms with Crippen LogP contribution < -0.4 is 0 Å². The fourth-order valence-corrected chi connectivity index (χ4v) is 3.75. The molecule has 0 aliphatic carbocycles. The summed E-state index contributed by atoms with van der Waals surface area (Å²) in [6.07, 6.45) is 3.40. The first-order valence-corrected chi connectivity index (χ1v) is 9.30. The first-order valence-electron chi connectivity index (χ1n) is 8.31. The molecule has 6 nitrogen and oxygen atoms in total. The molecular formula is C19H16FN5OS. The lowest BCUT2D eigenvalue weighted by atomic mass is 10.2. The summed E-state index contributed by atoms with van der Waals surface area (Å²) in [5.41, 5.74) is 2.98. The van der Waals surface area contributed by atoms with Crippen LogP contribution in [-0.4, -0.2) is 35.7 Å². The summed E-state index contributed by atoms with van der Waals surface area (Å²) >= 11 is 1.27. The molecular weight excluding hydrogens is 365 g/mol. The van der Waals surface area contributed by atoms with Gasteiger partial charge in [0.25, 0.3) is 5.78 Å². The highest BCUT2D eigenvalue weighted by Crippen LogP contribution is 2.24. The number of thioether (sulfide) groups is 1. The van der Waals surface area contributed by atoms with E-state index < -0.39 is 0 Å². The molecule has 0 fully saturated rings. The van der Waals surface area contributed by atoms with Crippen LogP contribution in [-0.2, 0) is 0 Å². The maximum Gasteiger partial charge on any atom is 0.253 e. The van der Waals surface area contributed by atoms with E-state index in [2.05, 4.69) is 15.1 Å². The minimum Gasteiger partial charge on any atom is -0.318 e. The number of carbonyl (C=O) groups is 1. The standard InChI is InChI=1S/C19H16FN5OS/c1-12-9-16(13(2)25(12)15-6-3-5-14(20)10-15)17(26)11-27-19-22-18-21-7-4-8-24(18)23-19/h3-10H,11H2,1-2H3. The highest BCUT2D eigenvalue weighted by Gasteiger charge is 2.18. The van der Waals surface area contributed by atoms with E-state index in [1.54, 1.807) is 29.0 Å². The van der Waals surface area contributed by atoms with E-state index in [0.717, 1.165) is 11.4 Å². The fourth-order valence-electron chi connectivity index (χ4n) is 3.04. The van der Waals surface area contributed by atoms with E-state index >= 15 is 0 Å². The molecule has 4 rings (SSSR count). The highest BCUT2D eigenvalue weighted by molar-refractivity contribution is 7.99. The fraction of sp³-hybridized carbons (Fsp3) is 0.158. The van der Waals surface area contributed by atoms with Crippen molar-refractivity contribution >= 4 is 23.3 Å². The Kier molecular flexibility index (Phi) is 4.49. The van der Waals surface area contributed by atoms with Crippen molar-refractivity contribution in [2.45, 2.75) is 19.0 Å². The third-order valence-corrected chi connectivity index (χ3v) is 5.07. The van der Waals surface area contributed by atoms with Crippen LogP contribution in [0.1, 0.15) is 21.7 Å². The van der Waals surface area contributed by atoms with Crippen LogP contribution in [0.2, 0.25) is 0 Å². The van der Waals surface area contributed by atoms with Crippen molar-refractivity contribution in [2.24, 2.45) is 0 Å².